The van der Waals surface area contributed by atoms with Gasteiger partial charge in [-0.15, -0.1) is 0 Å². The molecule has 0 unspecified atom stereocenters. The van der Waals surface area contributed by atoms with Crippen molar-refractivity contribution >= 4 is 43.6 Å². The molecule has 12 aromatic rings. The molecule has 84 heavy (non-hydrogen) atoms. The number of nitrogens with zero attached hydrogens (tertiary/aromatic N) is 11. The Hall–Kier alpha value is -13.0. The van der Waals surface area contributed by atoms with Crippen molar-refractivity contribution in [1.29, 1.82) is 47.4 Å². The lowest BCUT2D eigenvalue weighted by atomic mass is 9.95. The maximum Gasteiger partial charge on any atom is 0.417 e. The van der Waals surface area contributed by atoms with Crippen LogP contribution in [0.2, 0.25) is 0 Å². The summed E-state index contributed by atoms with van der Waals surface area (Å²) >= 11 is 0. The molecule has 2 aromatic heterocycles. The average molecular weight is 1080 g/mol. The molecule has 14 heteroatoms. The summed E-state index contributed by atoms with van der Waals surface area (Å²) in [4.78, 5) is 0. The molecule has 12 rings (SSSR count). The number of rotatable bonds is 7. The van der Waals surface area contributed by atoms with E-state index in [0.717, 1.165) is 6.07 Å². The second kappa shape index (κ2) is 20.3. The van der Waals surface area contributed by atoms with Gasteiger partial charge in [-0.1, -0.05) is 60.7 Å². The van der Waals surface area contributed by atoms with Crippen LogP contribution in [0.25, 0.3) is 111 Å². The third-order valence-corrected chi connectivity index (χ3v) is 15.1. The summed E-state index contributed by atoms with van der Waals surface area (Å²) in [6, 6.07) is 68.3. The molecule has 0 saturated carbocycles. The molecule has 0 amide bonds. The molecule has 0 N–H and O–H groups in total. The summed E-state index contributed by atoms with van der Waals surface area (Å²) in [6.45, 7) is 0. The predicted molar refractivity (Wildman–Crippen MR) is 310 cm³/mol. The summed E-state index contributed by atoms with van der Waals surface area (Å²) < 4.78 is 52.3. The Morgan fingerprint density at radius 1 is 0.274 bits per heavy atom. The minimum Gasteiger partial charge on any atom is -0.307 e. The van der Waals surface area contributed by atoms with Crippen molar-refractivity contribution in [2.24, 2.45) is 0 Å². The van der Waals surface area contributed by atoms with Gasteiger partial charge in [-0.25, -0.2) is 0 Å². The minimum atomic E-state index is -4.99. The Kier molecular flexibility index (Phi) is 12.5. The van der Waals surface area contributed by atoms with Crippen molar-refractivity contribution in [2.45, 2.75) is 6.18 Å². The maximum atomic E-state index is 16.3. The second-order valence-electron chi connectivity index (χ2n) is 19.6. The fourth-order valence-electron chi connectivity index (χ4n) is 11.2. The lowest BCUT2D eigenvalue weighted by Crippen LogP contribution is -2.12. The summed E-state index contributed by atoms with van der Waals surface area (Å²) in [5.41, 5.74) is 7.45. The molecule has 0 saturated heterocycles. The van der Waals surface area contributed by atoms with Gasteiger partial charge in [0.25, 0.3) is 0 Å². The van der Waals surface area contributed by atoms with Gasteiger partial charge >= 0.3 is 6.18 Å². The highest BCUT2D eigenvalue weighted by Gasteiger charge is 2.36. The highest BCUT2D eigenvalue weighted by molar-refractivity contribution is 6.14. The maximum absolute atomic E-state index is 16.3. The molecule has 0 aliphatic rings. The molecule has 0 fully saturated rings. The van der Waals surface area contributed by atoms with Crippen LogP contribution in [0.3, 0.4) is 0 Å². The van der Waals surface area contributed by atoms with Gasteiger partial charge in [-0.05, 0) is 177 Å². The zero-order valence-electron chi connectivity index (χ0n) is 43.4. The summed E-state index contributed by atoms with van der Waals surface area (Å²) in [5.74, 6) is 0. The summed E-state index contributed by atoms with van der Waals surface area (Å²) in [5, 5.41) is 92.7. The average Bonchev–Trinajstić information content (AvgIpc) is 1.68. The van der Waals surface area contributed by atoms with Gasteiger partial charge in [0, 0.05) is 21.5 Å². The number of hydrogen-bond acceptors (Lipinski definition) is 9. The van der Waals surface area contributed by atoms with E-state index in [4.69, 9.17) is 0 Å². The van der Waals surface area contributed by atoms with E-state index in [1.54, 1.807) is 89.5 Å². The first-order valence-electron chi connectivity index (χ1n) is 25.6. The molecular weight excluding hydrogens is 1050 g/mol. The third kappa shape index (κ3) is 8.57. The number of hydrogen-bond donors (Lipinski definition) is 0. The number of alkyl halides is 3. The minimum absolute atomic E-state index is 0.0554. The Labute approximate surface area is 476 Å². The van der Waals surface area contributed by atoms with Crippen LogP contribution >= 0.6 is 0 Å². The normalized spacial score (nSPS) is 10.9. The van der Waals surface area contributed by atoms with Crippen LogP contribution in [0.5, 0.6) is 0 Å². The van der Waals surface area contributed by atoms with Gasteiger partial charge in [-0.2, -0.15) is 60.5 Å². The Morgan fingerprint density at radius 3 is 0.869 bits per heavy atom. The zero-order valence-corrected chi connectivity index (χ0v) is 43.4. The van der Waals surface area contributed by atoms with Gasteiger partial charge in [0.1, 0.15) is 0 Å². The van der Waals surface area contributed by atoms with Gasteiger partial charge < -0.3 is 9.13 Å². The molecule has 0 atom stereocenters. The fraction of sp³-hybridized carbons (Fsp3) is 0.0143. The smallest absolute Gasteiger partial charge is 0.307 e. The SMILES string of the molecule is N#Cc1cccc(-c2cc(-n3c4ccc(-c5ccc(C#N)cc5C#N)cc4c4cc(-c5ccc(C#N)cc5C#N)ccc43)c(-n3c4ccc(-c5ccc(C#N)cc5C#N)cc4c4cc(-c5ccc(C#N)cc5C#N)ccc43)cc2C(F)(F)F)c1. The van der Waals surface area contributed by atoms with Crippen LogP contribution in [0.4, 0.5) is 13.2 Å². The molecule has 0 radical (unpaired) electrons. The summed E-state index contributed by atoms with van der Waals surface area (Å²) in [6.07, 6.45) is -4.99. The standard InChI is InChI=1S/C70H30F3N11/c71-70(72,73)63-30-69(84-66-18-10-48(56-14-6-43(34-77)23-52(56)38-81)27-61(66)62-28-49(11-19-67(62)84)57-15-7-44(35-78)24-53(57)39-82)68(29-58(63)45-3-1-2-40(20-45)31-74)83-64-16-8-46(54-12-4-41(32-75)21-50(54)36-79)25-59(64)60-26-47(9-17-65(60)83)55-13-5-42(33-76)22-51(55)37-80/h1-30H. The number of benzene rings is 10. The second-order valence-corrected chi connectivity index (χ2v) is 19.6. The van der Waals surface area contributed by atoms with Gasteiger partial charge in [0.2, 0.25) is 0 Å². The highest BCUT2D eigenvalue weighted by atomic mass is 19.4. The molecule has 386 valence electrons. The topological polar surface area (TPSA) is 224 Å². The van der Waals surface area contributed by atoms with E-state index in [1.165, 1.54) is 54.6 Å². The number of halogens is 3. The first kappa shape index (κ1) is 51.7. The first-order chi connectivity index (χ1) is 40.8. The van der Waals surface area contributed by atoms with E-state index in [2.05, 4.69) is 54.6 Å². The van der Waals surface area contributed by atoms with E-state index < -0.39 is 11.7 Å². The molecular formula is C70H30F3N11. The van der Waals surface area contributed by atoms with Crippen LogP contribution in [0.1, 0.15) is 55.6 Å². The van der Waals surface area contributed by atoms with Gasteiger partial charge in [0.15, 0.2) is 0 Å². The Morgan fingerprint density at radius 2 is 0.571 bits per heavy atom. The van der Waals surface area contributed by atoms with Crippen LogP contribution in [-0.2, 0) is 6.18 Å². The van der Waals surface area contributed by atoms with Crippen LogP contribution in [0, 0.1) is 102 Å². The Bertz CT molecular complexity index is 5060. The van der Waals surface area contributed by atoms with E-state index in [9.17, 15) is 47.4 Å². The highest BCUT2D eigenvalue weighted by Crippen LogP contribution is 2.47. The largest absolute Gasteiger partial charge is 0.417 e. The quantitative estimate of drug-likeness (QED) is 0.148. The number of aromatic nitrogens is 2. The van der Waals surface area contributed by atoms with Crippen molar-refractivity contribution in [1.82, 2.24) is 9.13 Å². The molecule has 11 nitrogen and oxygen atoms in total. The molecule has 2 heterocycles. The molecule has 0 spiro atoms. The monoisotopic (exact) mass is 1080 g/mol. The van der Waals surface area contributed by atoms with E-state index in [1.807, 2.05) is 41.0 Å². The first-order valence-corrected chi connectivity index (χ1v) is 25.6. The van der Waals surface area contributed by atoms with Crippen molar-refractivity contribution in [3.8, 4) is 122 Å². The molecule has 0 bridgehead atoms. The summed E-state index contributed by atoms with van der Waals surface area (Å²) in [7, 11) is 0. The van der Waals surface area contributed by atoms with Crippen molar-refractivity contribution in [2.75, 3.05) is 0 Å². The van der Waals surface area contributed by atoms with Crippen LogP contribution in [-0.4, -0.2) is 9.13 Å². The van der Waals surface area contributed by atoms with Crippen LogP contribution in [0.15, 0.2) is 182 Å². The van der Waals surface area contributed by atoms with Crippen molar-refractivity contribution in [3.05, 3.63) is 238 Å². The lowest BCUT2D eigenvalue weighted by molar-refractivity contribution is -0.137. The van der Waals surface area contributed by atoms with Gasteiger partial charge in [-0.3, -0.25) is 0 Å². The third-order valence-electron chi connectivity index (χ3n) is 15.1. The van der Waals surface area contributed by atoms with Crippen molar-refractivity contribution in [3.63, 3.8) is 0 Å². The predicted octanol–water partition coefficient (Wildman–Crippen LogP) is 16.1. The Balaban J connectivity index is 1.24. The van der Waals surface area contributed by atoms with E-state index in [-0.39, 0.29) is 72.6 Å². The molecule has 0 aliphatic carbocycles. The lowest BCUT2D eigenvalue weighted by Gasteiger charge is -2.22. The fourth-order valence-corrected chi connectivity index (χ4v) is 11.2. The van der Waals surface area contributed by atoms with Crippen LogP contribution < -0.4 is 0 Å². The van der Waals surface area contributed by atoms with E-state index >= 15 is 13.2 Å². The van der Waals surface area contributed by atoms with Crippen molar-refractivity contribution < 1.29 is 13.2 Å². The van der Waals surface area contributed by atoms with Gasteiger partial charge in [0.05, 0.1) is 144 Å². The zero-order chi connectivity index (χ0) is 58.6. The van der Waals surface area contributed by atoms with E-state index in [0.29, 0.717) is 88.1 Å². The molecule has 10 aromatic carbocycles. The molecule has 0 aliphatic heterocycles. The number of fused-ring (bicyclic) bond motifs is 6. The number of nitriles is 9.